The molecule has 0 bridgehead atoms. The maximum atomic E-state index is 12.3. The highest BCUT2D eigenvalue weighted by atomic mass is 35.5. The van der Waals surface area contributed by atoms with Crippen molar-refractivity contribution in [3.05, 3.63) is 65.7 Å². The van der Waals surface area contributed by atoms with Gasteiger partial charge >= 0.3 is 6.09 Å². The van der Waals surface area contributed by atoms with Gasteiger partial charge in [-0.3, -0.25) is 0 Å². The molecule has 0 unspecified atom stereocenters. The number of carbonyl (C=O) groups is 1. The van der Waals surface area contributed by atoms with Gasteiger partial charge in [0, 0.05) is 29.8 Å². The standard InChI is InChI=1S/C22H28N2O2S.ClH/c1-23(2)16-18-8-10-20(11-9-18)27-21-12-14-24(15-13-21)22(25)26-17-19-6-4-3-5-7-19;/h3-11,21H,12-17H2,1-2H3;1H. The smallest absolute Gasteiger partial charge is 0.410 e. The predicted octanol–water partition coefficient (Wildman–Crippen LogP) is 5.06. The topological polar surface area (TPSA) is 32.8 Å². The van der Waals surface area contributed by atoms with E-state index < -0.39 is 0 Å². The summed E-state index contributed by atoms with van der Waals surface area (Å²) in [6.07, 6.45) is 1.81. The van der Waals surface area contributed by atoms with Crippen molar-refractivity contribution < 1.29 is 9.53 Å². The van der Waals surface area contributed by atoms with Crippen LogP contribution in [0.4, 0.5) is 4.79 Å². The van der Waals surface area contributed by atoms with Crippen molar-refractivity contribution in [2.45, 2.75) is 36.1 Å². The minimum absolute atomic E-state index is 0. The zero-order chi connectivity index (χ0) is 19.1. The summed E-state index contributed by atoms with van der Waals surface area (Å²) in [6, 6.07) is 18.7. The molecule has 28 heavy (non-hydrogen) atoms. The van der Waals surface area contributed by atoms with Crippen molar-refractivity contribution >= 4 is 30.3 Å². The third kappa shape index (κ3) is 7.04. The Hall–Kier alpha value is -1.69. The summed E-state index contributed by atoms with van der Waals surface area (Å²) < 4.78 is 5.44. The molecule has 1 fully saturated rings. The molecule has 2 aromatic carbocycles. The van der Waals surface area contributed by atoms with Gasteiger partial charge in [-0.1, -0.05) is 42.5 Å². The summed E-state index contributed by atoms with van der Waals surface area (Å²) in [5.41, 5.74) is 2.36. The average molecular weight is 421 g/mol. The van der Waals surface area contributed by atoms with E-state index in [1.165, 1.54) is 10.5 Å². The van der Waals surface area contributed by atoms with E-state index in [-0.39, 0.29) is 18.5 Å². The van der Waals surface area contributed by atoms with Gasteiger partial charge in [0.15, 0.2) is 0 Å². The minimum Gasteiger partial charge on any atom is -0.445 e. The first-order chi connectivity index (χ1) is 13.1. The molecule has 0 N–H and O–H groups in total. The zero-order valence-electron chi connectivity index (χ0n) is 16.5. The number of likely N-dealkylation sites (tertiary alicyclic amines) is 1. The molecule has 3 rings (SSSR count). The van der Waals surface area contributed by atoms with Crippen LogP contribution >= 0.6 is 24.2 Å². The Morgan fingerprint density at radius 1 is 1.04 bits per heavy atom. The number of ether oxygens (including phenoxy) is 1. The number of benzene rings is 2. The number of rotatable bonds is 6. The van der Waals surface area contributed by atoms with E-state index in [2.05, 4.69) is 43.3 Å². The normalized spacial score (nSPS) is 14.6. The SMILES string of the molecule is CN(C)Cc1ccc(SC2CCN(C(=O)OCc3ccccc3)CC2)cc1.Cl. The van der Waals surface area contributed by atoms with Crippen LogP contribution in [0.2, 0.25) is 0 Å². The van der Waals surface area contributed by atoms with Gasteiger partial charge in [-0.25, -0.2) is 4.79 Å². The van der Waals surface area contributed by atoms with Crippen LogP contribution in [0.15, 0.2) is 59.5 Å². The van der Waals surface area contributed by atoms with Crippen LogP contribution < -0.4 is 0 Å². The molecule has 1 amide bonds. The van der Waals surface area contributed by atoms with Crippen LogP contribution in [0.25, 0.3) is 0 Å². The Morgan fingerprint density at radius 3 is 2.29 bits per heavy atom. The van der Waals surface area contributed by atoms with Crippen LogP contribution in [-0.4, -0.2) is 48.3 Å². The van der Waals surface area contributed by atoms with Gasteiger partial charge in [-0.2, -0.15) is 0 Å². The number of amides is 1. The second kappa shape index (κ2) is 11.3. The van der Waals surface area contributed by atoms with Crippen molar-refractivity contribution in [2.24, 2.45) is 0 Å². The third-order valence-corrected chi connectivity index (χ3v) is 5.98. The largest absolute Gasteiger partial charge is 0.445 e. The maximum Gasteiger partial charge on any atom is 0.410 e. The summed E-state index contributed by atoms with van der Waals surface area (Å²) in [5.74, 6) is 0. The molecule has 6 heteroatoms. The van der Waals surface area contributed by atoms with Crippen LogP contribution in [-0.2, 0) is 17.9 Å². The van der Waals surface area contributed by atoms with E-state index >= 15 is 0 Å². The van der Waals surface area contributed by atoms with Crippen molar-refractivity contribution in [1.29, 1.82) is 0 Å². The first-order valence-electron chi connectivity index (χ1n) is 9.46. The zero-order valence-corrected chi connectivity index (χ0v) is 18.2. The molecule has 1 heterocycles. The van der Waals surface area contributed by atoms with Gasteiger partial charge < -0.3 is 14.5 Å². The Balaban J connectivity index is 0.00000280. The van der Waals surface area contributed by atoms with Crippen LogP contribution in [0.1, 0.15) is 24.0 Å². The molecule has 0 saturated carbocycles. The molecular weight excluding hydrogens is 392 g/mol. The van der Waals surface area contributed by atoms with E-state index in [0.29, 0.717) is 11.9 Å². The molecule has 2 aromatic rings. The number of hydrogen-bond donors (Lipinski definition) is 0. The third-order valence-electron chi connectivity index (χ3n) is 4.63. The quantitative estimate of drug-likeness (QED) is 0.653. The summed E-state index contributed by atoms with van der Waals surface area (Å²) in [7, 11) is 4.17. The van der Waals surface area contributed by atoms with E-state index in [0.717, 1.165) is 38.0 Å². The van der Waals surface area contributed by atoms with E-state index in [1.807, 2.05) is 47.0 Å². The lowest BCUT2D eigenvalue weighted by molar-refractivity contribution is 0.0901. The van der Waals surface area contributed by atoms with Crippen molar-refractivity contribution in [2.75, 3.05) is 27.2 Å². The average Bonchev–Trinajstić information content (AvgIpc) is 2.69. The molecule has 1 aliphatic rings. The number of thioether (sulfide) groups is 1. The Labute approximate surface area is 178 Å². The summed E-state index contributed by atoms with van der Waals surface area (Å²) >= 11 is 1.92. The fourth-order valence-corrected chi connectivity index (χ4v) is 4.32. The number of hydrogen-bond acceptors (Lipinski definition) is 4. The Bertz CT molecular complexity index is 717. The number of nitrogens with zero attached hydrogens (tertiary/aromatic N) is 2. The monoisotopic (exact) mass is 420 g/mol. The Kier molecular flexibility index (Phi) is 9.16. The maximum absolute atomic E-state index is 12.3. The van der Waals surface area contributed by atoms with Crippen LogP contribution in [0.5, 0.6) is 0 Å². The predicted molar refractivity (Wildman–Crippen MR) is 118 cm³/mol. The van der Waals surface area contributed by atoms with Crippen molar-refractivity contribution in [1.82, 2.24) is 9.80 Å². The molecule has 152 valence electrons. The van der Waals surface area contributed by atoms with Crippen molar-refractivity contribution in [3.8, 4) is 0 Å². The van der Waals surface area contributed by atoms with Gasteiger partial charge in [0.05, 0.1) is 0 Å². The van der Waals surface area contributed by atoms with Crippen LogP contribution in [0.3, 0.4) is 0 Å². The molecule has 0 aliphatic carbocycles. The molecule has 0 aromatic heterocycles. The van der Waals surface area contributed by atoms with Gasteiger partial charge in [0.2, 0.25) is 0 Å². The highest BCUT2D eigenvalue weighted by molar-refractivity contribution is 8.00. The van der Waals surface area contributed by atoms with Crippen LogP contribution in [0, 0.1) is 0 Å². The fraction of sp³-hybridized carbons (Fsp3) is 0.409. The second-order valence-electron chi connectivity index (χ2n) is 7.23. The molecule has 4 nitrogen and oxygen atoms in total. The lowest BCUT2D eigenvalue weighted by atomic mass is 10.1. The highest BCUT2D eigenvalue weighted by Gasteiger charge is 2.24. The molecule has 1 aliphatic heterocycles. The number of halogens is 1. The summed E-state index contributed by atoms with van der Waals surface area (Å²) in [4.78, 5) is 17.6. The van der Waals surface area contributed by atoms with E-state index in [9.17, 15) is 4.79 Å². The first kappa shape index (κ1) is 22.6. The summed E-state index contributed by atoms with van der Waals surface area (Å²) in [6.45, 7) is 2.84. The molecular formula is C22H29ClN2O2S. The molecule has 0 radical (unpaired) electrons. The lowest BCUT2D eigenvalue weighted by Crippen LogP contribution is -2.39. The fourth-order valence-electron chi connectivity index (χ4n) is 3.20. The highest BCUT2D eigenvalue weighted by Crippen LogP contribution is 2.30. The molecule has 1 saturated heterocycles. The summed E-state index contributed by atoms with van der Waals surface area (Å²) in [5, 5.41) is 0.558. The number of piperidine rings is 1. The minimum atomic E-state index is -0.199. The lowest BCUT2D eigenvalue weighted by Gasteiger charge is -2.31. The van der Waals surface area contributed by atoms with Gasteiger partial charge in [-0.15, -0.1) is 24.2 Å². The number of carbonyl (C=O) groups excluding carboxylic acids is 1. The van der Waals surface area contributed by atoms with Crippen molar-refractivity contribution in [3.63, 3.8) is 0 Å². The van der Waals surface area contributed by atoms with E-state index in [1.54, 1.807) is 0 Å². The first-order valence-corrected chi connectivity index (χ1v) is 10.3. The van der Waals surface area contributed by atoms with Gasteiger partial charge in [0.1, 0.15) is 6.61 Å². The van der Waals surface area contributed by atoms with E-state index in [4.69, 9.17) is 4.74 Å². The molecule has 0 atom stereocenters. The Morgan fingerprint density at radius 2 is 1.68 bits per heavy atom. The molecule has 0 spiro atoms. The van der Waals surface area contributed by atoms with Gasteiger partial charge in [0.25, 0.3) is 0 Å². The second-order valence-corrected chi connectivity index (χ2v) is 8.60. The van der Waals surface area contributed by atoms with Gasteiger partial charge in [-0.05, 0) is 50.2 Å².